The zero-order chi connectivity index (χ0) is 29.7. The zero-order valence-electron chi connectivity index (χ0n) is 23.3. The van der Waals surface area contributed by atoms with Crippen LogP contribution in [0.25, 0.3) is 0 Å². The molecule has 14 heteroatoms. The summed E-state index contributed by atoms with van der Waals surface area (Å²) >= 11 is 6.44. The van der Waals surface area contributed by atoms with Gasteiger partial charge in [-0.05, 0) is 38.4 Å². The van der Waals surface area contributed by atoms with Gasteiger partial charge in [-0.2, -0.15) is 8.78 Å². The van der Waals surface area contributed by atoms with Gasteiger partial charge >= 0.3 is 6.11 Å². The predicted molar refractivity (Wildman–Crippen MR) is 152 cm³/mol. The number of nitrogens with zero attached hydrogens (tertiary/aromatic N) is 5. The Bertz CT molecular complexity index is 1210. The van der Waals surface area contributed by atoms with Gasteiger partial charge in [0.15, 0.2) is 22.5 Å². The minimum absolute atomic E-state index is 0.0146. The molecule has 2 saturated heterocycles. The topological polar surface area (TPSA) is 140 Å². The number of piperidine rings is 1. The van der Waals surface area contributed by atoms with Crippen molar-refractivity contribution in [2.24, 2.45) is 0 Å². The Morgan fingerprint density at radius 2 is 1.98 bits per heavy atom. The summed E-state index contributed by atoms with van der Waals surface area (Å²) in [6.07, 6.45) is -0.455. The highest BCUT2D eigenvalue weighted by molar-refractivity contribution is 6.32. The number of anilines is 2. The summed E-state index contributed by atoms with van der Waals surface area (Å²) in [7, 11) is 0. The van der Waals surface area contributed by atoms with E-state index in [-0.39, 0.29) is 47.4 Å². The minimum atomic E-state index is -3.31. The molecule has 11 nitrogen and oxygen atoms in total. The van der Waals surface area contributed by atoms with Gasteiger partial charge in [-0.25, -0.2) is 9.97 Å². The standard InChI is InChI=1S/C27H38ClF2N7O4/c1-3-18-16-36(25-23(28)33-22(24(31)34-25)26(40)32-8-13-38)11-12-37(18)19-6-9-35(10-7-19)15-17-4-5-20(14-21(17)39)41-27(2,29)30/h4-5,14,18-19,38-39H,3,6-13,15-16H2,1-2H3,(H2,31,34)(H,32,40)/t18-/m0/s1. The van der Waals surface area contributed by atoms with Crippen molar-refractivity contribution in [3.63, 3.8) is 0 Å². The number of aliphatic hydroxyl groups is 1. The number of aromatic hydroxyl groups is 1. The maximum absolute atomic E-state index is 13.1. The first-order valence-corrected chi connectivity index (χ1v) is 14.2. The summed E-state index contributed by atoms with van der Waals surface area (Å²) in [4.78, 5) is 27.7. The monoisotopic (exact) mass is 597 g/mol. The smallest absolute Gasteiger partial charge is 0.394 e. The van der Waals surface area contributed by atoms with Crippen molar-refractivity contribution in [1.29, 1.82) is 0 Å². The van der Waals surface area contributed by atoms with Crippen LogP contribution in [0.1, 0.15) is 49.2 Å². The lowest BCUT2D eigenvalue weighted by atomic mass is 9.97. The third-order valence-corrected chi connectivity index (χ3v) is 7.80. The number of likely N-dealkylation sites (tertiary alicyclic amines) is 1. The molecule has 2 aliphatic heterocycles. The number of alkyl halides is 2. The molecule has 1 amide bonds. The van der Waals surface area contributed by atoms with Gasteiger partial charge in [0.05, 0.1) is 6.61 Å². The van der Waals surface area contributed by atoms with Crippen molar-refractivity contribution >= 4 is 29.1 Å². The normalized spacial score (nSPS) is 19.4. The molecule has 1 aromatic carbocycles. The van der Waals surface area contributed by atoms with Gasteiger partial charge in [-0.1, -0.05) is 24.6 Å². The molecule has 41 heavy (non-hydrogen) atoms. The van der Waals surface area contributed by atoms with E-state index in [0.29, 0.717) is 44.0 Å². The lowest BCUT2D eigenvalue weighted by Crippen LogP contribution is -2.58. The van der Waals surface area contributed by atoms with Crippen LogP contribution >= 0.6 is 11.6 Å². The van der Waals surface area contributed by atoms with Crippen molar-refractivity contribution < 1.29 is 28.5 Å². The van der Waals surface area contributed by atoms with Crippen molar-refractivity contribution in [3.05, 3.63) is 34.6 Å². The number of hydrogen-bond acceptors (Lipinski definition) is 10. The number of amides is 1. The average Bonchev–Trinajstić information content (AvgIpc) is 2.93. The Kier molecular flexibility index (Phi) is 10.1. The lowest BCUT2D eigenvalue weighted by molar-refractivity contribution is -0.159. The summed E-state index contributed by atoms with van der Waals surface area (Å²) < 4.78 is 30.8. The molecular weight excluding hydrogens is 560 g/mol. The van der Waals surface area contributed by atoms with Crippen LogP contribution in [0.2, 0.25) is 5.15 Å². The highest BCUT2D eigenvalue weighted by atomic mass is 35.5. The number of nitrogens with one attached hydrogen (secondary N) is 1. The van der Waals surface area contributed by atoms with Crippen molar-refractivity contribution in [2.75, 3.05) is 56.5 Å². The van der Waals surface area contributed by atoms with Crippen molar-refractivity contribution in [3.8, 4) is 11.5 Å². The number of ether oxygens (including phenoxy) is 1. The Labute approximate surface area is 243 Å². The molecule has 0 spiro atoms. The number of hydrogen-bond donors (Lipinski definition) is 4. The summed E-state index contributed by atoms with van der Waals surface area (Å²) in [6.45, 7) is 7.08. The van der Waals surface area contributed by atoms with E-state index in [0.717, 1.165) is 38.9 Å². The second kappa shape index (κ2) is 13.3. The second-order valence-electron chi connectivity index (χ2n) is 10.5. The highest BCUT2D eigenvalue weighted by Gasteiger charge is 2.34. The van der Waals surface area contributed by atoms with Gasteiger partial charge < -0.3 is 30.9 Å². The molecule has 0 unspecified atom stereocenters. The van der Waals surface area contributed by atoms with Gasteiger partial charge in [-0.3, -0.25) is 14.6 Å². The number of carbonyl (C=O) groups excluding carboxylic acids is 1. The number of halogens is 3. The first kappa shape index (κ1) is 30.9. The Morgan fingerprint density at radius 3 is 2.61 bits per heavy atom. The van der Waals surface area contributed by atoms with Crippen LogP contribution in [-0.4, -0.2) is 100.0 Å². The molecule has 0 aliphatic carbocycles. The van der Waals surface area contributed by atoms with Crippen LogP contribution in [0.5, 0.6) is 11.5 Å². The number of carbonyl (C=O) groups is 1. The molecule has 1 aromatic heterocycles. The minimum Gasteiger partial charge on any atom is -0.507 e. The van der Waals surface area contributed by atoms with E-state index in [1.807, 2.05) is 0 Å². The van der Waals surface area contributed by atoms with Gasteiger partial charge in [0, 0.05) is 63.4 Å². The van der Waals surface area contributed by atoms with Crippen LogP contribution in [0.15, 0.2) is 18.2 Å². The van der Waals surface area contributed by atoms with Crippen LogP contribution in [0.3, 0.4) is 0 Å². The van der Waals surface area contributed by atoms with Crippen LogP contribution < -0.4 is 20.7 Å². The molecule has 0 saturated carbocycles. The predicted octanol–water partition coefficient (Wildman–Crippen LogP) is 2.70. The molecular formula is C27H38ClF2N7O4. The number of nitrogen functional groups attached to an aromatic ring is 1. The fraction of sp³-hybridized carbons (Fsp3) is 0.593. The number of rotatable bonds is 10. The largest absolute Gasteiger partial charge is 0.507 e. The Hall–Kier alpha value is -3.00. The molecule has 0 bridgehead atoms. The van der Waals surface area contributed by atoms with Crippen LogP contribution in [0.4, 0.5) is 20.4 Å². The van der Waals surface area contributed by atoms with Gasteiger partial charge in [0.1, 0.15) is 11.5 Å². The first-order valence-electron chi connectivity index (χ1n) is 13.8. The quantitative estimate of drug-likeness (QED) is 0.323. The number of piperazine rings is 1. The number of benzene rings is 1. The number of nitrogens with two attached hydrogens (primary N) is 1. The molecule has 2 fully saturated rings. The fourth-order valence-electron chi connectivity index (χ4n) is 5.54. The highest BCUT2D eigenvalue weighted by Crippen LogP contribution is 2.32. The van der Waals surface area contributed by atoms with Crippen LogP contribution in [-0.2, 0) is 6.54 Å². The molecule has 5 N–H and O–H groups in total. The molecule has 2 aromatic rings. The number of phenols is 1. The van der Waals surface area contributed by atoms with E-state index in [1.165, 1.54) is 12.1 Å². The van der Waals surface area contributed by atoms with Crippen LogP contribution in [0, 0.1) is 0 Å². The summed E-state index contributed by atoms with van der Waals surface area (Å²) in [5, 5.41) is 21.9. The van der Waals surface area contributed by atoms with E-state index in [2.05, 4.69) is 41.6 Å². The molecule has 2 aliphatic rings. The lowest BCUT2D eigenvalue weighted by Gasteiger charge is -2.47. The number of phenolic OH excluding ortho intramolecular Hbond substituents is 1. The van der Waals surface area contributed by atoms with E-state index in [9.17, 15) is 18.7 Å². The molecule has 3 heterocycles. The van der Waals surface area contributed by atoms with E-state index >= 15 is 0 Å². The molecule has 1 atom stereocenters. The van der Waals surface area contributed by atoms with Gasteiger partial charge in [-0.15, -0.1) is 0 Å². The number of aromatic nitrogens is 2. The van der Waals surface area contributed by atoms with E-state index < -0.39 is 12.0 Å². The molecule has 4 rings (SSSR count). The Morgan fingerprint density at radius 1 is 1.24 bits per heavy atom. The summed E-state index contributed by atoms with van der Waals surface area (Å²) in [5.41, 5.74) is 6.65. The van der Waals surface area contributed by atoms with Gasteiger partial charge in [0.25, 0.3) is 5.91 Å². The maximum Gasteiger partial charge on any atom is 0.394 e. The van der Waals surface area contributed by atoms with Crippen molar-refractivity contribution in [2.45, 2.75) is 57.8 Å². The molecule has 0 radical (unpaired) electrons. The first-order chi connectivity index (χ1) is 19.5. The zero-order valence-corrected chi connectivity index (χ0v) is 24.1. The maximum atomic E-state index is 13.1. The third kappa shape index (κ3) is 7.85. The average molecular weight is 598 g/mol. The summed E-state index contributed by atoms with van der Waals surface area (Å²) in [6, 6.07) is 4.98. The summed E-state index contributed by atoms with van der Waals surface area (Å²) in [5.74, 6) is -0.231. The SMILES string of the molecule is CC[C@H]1CN(c2nc(N)c(C(=O)NCCO)nc2Cl)CCN1C1CCN(Cc2ccc(OC(C)(F)F)cc2O)CC1. The molecule has 226 valence electrons. The third-order valence-electron chi connectivity index (χ3n) is 7.55. The van der Waals surface area contributed by atoms with Gasteiger partial charge in [0.2, 0.25) is 0 Å². The fourth-order valence-corrected chi connectivity index (χ4v) is 5.79. The van der Waals surface area contributed by atoms with Crippen molar-refractivity contribution in [1.82, 2.24) is 25.1 Å². The van der Waals surface area contributed by atoms with E-state index in [1.54, 1.807) is 6.07 Å². The second-order valence-corrected chi connectivity index (χ2v) is 10.9. The number of aliphatic hydroxyl groups excluding tert-OH is 1. The Balaban J connectivity index is 1.33. The van der Waals surface area contributed by atoms with E-state index in [4.69, 9.17) is 22.4 Å².